The lowest BCUT2D eigenvalue weighted by Crippen LogP contribution is -2.36. The Bertz CT molecular complexity index is 630. The van der Waals surface area contributed by atoms with Gasteiger partial charge in [-0.05, 0) is 49.1 Å². The van der Waals surface area contributed by atoms with E-state index in [2.05, 4.69) is 20.5 Å². The summed E-state index contributed by atoms with van der Waals surface area (Å²) in [6, 6.07) is 7.59. The highest BCUT2D eigenvalue weighted by Gasteiger charge is 2.32. The van der Waals surface area contributed by atoms with Crippen LogP contribution in [0.3, 0.4) is 0 Å². The number of carbonyl (C=O) groups is 1. The third-order valence-electron chi connectivity index (χ3n) is 4.74. The van der Waals surface area contributed by atoms with Gasteiger partial charge in [-0.25, -0.2) is 4.98 Å². The zero-order valence-electron chi connectivity index (χ0n) is 13.2. The van der Waals surface area contributed by atoms with Gasteiger partial charge >= 0.3 is 0 Å². The standard InChI is InChI=1S/C17H23N5O/c18-11-17(8-2-1-3-9-17)10-15(23)21-14-6-4-13(5-7-14)16-19-12-20-22-16/h4-7,12H,1-3,8-11,18H2,(H,21,23)(H,19,20,22). The number of H-pyrrole nitrogens is 1. The Hall–Kier alpha value is -2.21. The molecular weight excluding hydrogens is 290 g/mol. The normalized spacial score (nSPS) is 16.9. The second-order valence-electron chi connectivity index (χ2n) is 6.40. The third-order valence-corrected chi connectivity index (χ3v) is 4.74. The summed E-state index contributed by atoms with van der Waals surface area (Å²) in [5, 5.41) is 9.63. The van der Waals surface area contributed by atoms with Crippen molar-refractivity contribution < 1.29 is 4.79 Å². The van der Waals surface area contributed by atoms with E-state index in [9.17, 15) is 4.79 Å². The molecule has 1 aliphatic rings. The molecule has 6 heteroatoms. The van der Waals surface area contributed by atoms with Crippen LogP contribution in [-0.2, 0) is 4.79 Å². The van der Waals surface area contributed by atoms with Gasteiger partial charge in [-0.15, -0.1) is 0 Å². The summed E-state index contributed by atoms with van der Waals surface area (Å²) in [7, 11) is 0. The lowest BCUT2D eigenvalue weighted by Gasteiger charge is -2.35. The Balaban J connectivity index is 1.61. The van der Waals surface area contributed by atoms with Crippen molar-refractivity contribution in [3.63, 3.8) is 0 Å². The van der Waals surface area contributed by atoms with E-state index >= 15 is 0 Å². The molecule has 1 aromatic heterocycles. The molecule has 2 aromatic rings. The average molecular weight is 313 g/mol. The highest BCUT2D eigenvalue weighted by molar-refractivity contribution is 5.91. The van der Waals surface area contributed by atoms with Gasteiger partial charge in [0.25, 0.3) is 0 Å². The summed E-state index contributed by atoms with van der Waals surface area (Å²) in [4.78, 5) is 16.5. The van der Waals surface area contributed by atoms with E-state index in [1.807, 2.05) is 24.3 Å². The smallest absolute Gasteiger partial charge is 0.224 e. The summed E-state index contributed by atoms with van der Waals surface area (Å²) >= 11 is 0. The quantitative estimate of drug-likeness (QED) is 0.790. The lowest BCUT2D eigenvalue weighted by atomic mass is 9.71. The van der Waals surface area contributed by atoms with Crippen molar-refractivity contribution in [2.24, 2.45) is 11.1 Å². The Morgan fingerprint density at radius 2 is 1.96 bits per heavy atom. The highest BCUT2D eigenvalue weighted by Crippen LogP contribution is 2.38. The van der Waals surface area contributed by atoms with Gasteiger partial charge in [-0.3, -0.25) is 9.89 Å². The Morgan fingerprint density at radius 3 is 2.57 bits per heavy atom. The predicted molar refractivity (Wildman–Crippen MR) is 89.6 cm³/mol. The van der Waals surface area contributed by atoms with Gasteiger partial charge in [-0.2, -0.15) is 5.10 Å². The molecule has 1 amide bonds. The van der Waals surface area contributed by atoms with Crippen LogP contribution in [0.5, 0.6) is 0 Å². The monoisotopic (exact) mass is 313 g/mol. The van der Waals surface area contributed by atoms with Crippen LogP contribution in [0.25, 0.3) is 11.4 Å². The number of rotatable bonds is 5. The van der Waals surface area contributed by atoms with Crippen molar-refractivity contribution in [1.82, 2.24) is 15.2 Å². The van der Waals surface area contributed by atoms with Crippen LogP contribution in [0.4, 0.5) is 5.69 Å². The maximum Gasteiger partial charge on any atom is 0.224 e. The van der Waals surface area contributed by atoms with E-state index in [4.69, 9.17) is 5.73 Å². The fraction of sp³-hybridized carbons (Fsp3) is 0.471. The van der Waals surface area contributed by atoms with E-state index in [1.165, 1.54) is 25.6 Å². The molecule has 6 nitrogen and oxygen atoms in total. The second kappa shape index (κ2) is 6.91. The number of benzene rings is 1. The summed E-state index contributed by atoms with van der Waals surface area (Å²) in [6.07, 6.45) is 7.71. The van der Waals surface area contributed by atoms with Gasteiger partial charge in [0.05, 0.1) is 0 Å². The number of nitrogens with one attached hydrogen (secondary N) is 2. The van der Waals surface area contributed by atoms with Gasteiger partial charge in [0.2, 0.25) is 5.91 Å². The lowest BCUT2D eigenvalue weighted by molar-refractivity contribution is -0.118. The molecule has 4 N–H and O–H groups in total. The van der Waals surface area contributed by atoms with Crippen LogP contribution >= 0.6 is 0 Å². The summed E-state index contributed by atoms with van der Waals surface area (Å²) in [5.41, 5.74) is 7.67. The maximum absolute atomic E-state index is 12.4. The molecule has 1 aliphatic carbocycles. The van der Waals surface area contributed by atoms with Crippen molar-refractivity contribution in [2.45, 2.75) is 38.5 Å². The minimum Gasteiger partial charge on any atom is -0.330 e. The van der Waals surface area contributed by atoms with Crippen LogP contribution in [0.1, 0.15) is 38.5 Å². The topological polar surface area (TPSA) is 96.7 Å². The number of carbonyl (C=O) groups excluding carboxylic acids is 1. The molecule has 0 spiro atoms. The zero-order chi connectivity index (χ0) is 16.1. The van der Waals surface area contributed by atoms with Crippen LogP contribution in [0.2, 0.25) is 0 Å². The second-order valence-corrected chi connectivity index (χ2v) is 6.40. The molecule has 0 aliphatic heterocycles. The summed E-state index contributed by atoms with van der Waals surface area (Å²) in [6.45, 7) is 0.588. The molecular formula is C17H23N5O. The largest absolute Gasteiger partial charge is 0.330 e. The number of anilines is 1. The minimum absolute atomic E-state index is 0.0118. The van der Waals surface area contributed by atoms with E-state index in [0.29, 0.717) is 18.8 Å². The van der Waals surface area contributed by atoms with E-state index in [0.717, 1.165) is 24.1 Å². The van der Waals surface area contributed by atoms with Crippen LogP contribution in [0.15, 0.2) is 30.6 Å². The molecule has 23 heavy (non-hydrogen) atoms. The van der Waals surface area contributed by atoms with Crippen molar-refractivity contribution in [1.29, 1.82) is 0 Å². The zero-order valence-corrected chi connectivity index (χ0v) is 13.2. The number of aromatic nitrogens is 3. The predicted octanol–water partition coefficient (Wildman–Crippen LogP) is 2.71. The molecule has 0 atom stereocenters. The highest BCUT2D eigenvalue weighted by atomic mass is 16.1. The van der Waals surface area contributed by atoms with Crippen LogP contribution in [-0.4, -0.2) is 27.6 Å². The Morgan fingerprint density at radius 1 is 1.22 bits per heavy atom. The number of aromatic amines is 1. The van der Waals surface area contributed by atoms with E-state index in [-0.39, 0.29) is 11.3 Å². The number of hydrogen-bond donors (Lipinski definition) is 3. The van der Waals surface area contributed by atoms with Gasteiger partial charge in [-0.1, -0.05) is 19.3 Å². The molecule has 0 unspecified atom stereocenters. The van der Waals surface area contributed by atoms with Gasteiger partial charge in [0.15, 0.2) is 5.82 Å². The van der Waals surface area contributed by atoms with E-state index in [1.54, 1.807) is 0 Å². The van der Waals surface area contributed by atoms with Crippen LogP contribution < -0.4 is 11.1 Å². The molecule has 1 aromatic carbocycles. The fourth-order valence-electron chi connectivity index (χ4n) is 3.36. The van der Waals surface area contributed by atoms with E-state index < -0.39 is 0 Å². The minimum atomic E-state index is -0.0118. The number of nitrogens with zero attached hydrogens (tertiary/aromatic N) is 2. The van der Waals surface area contributed by atoms with Crippen molar-refractivity contribution in [3.05, 3.63) is 30.6 Å². The molecule has 0 saturated heterocycles. The van der Waals surface area contributed by atoms with Gasteiger partial charge < -0.3 is 11.1 Å². The molecule has 122 valence electrons. The first-order chi connectivity index (χ1) is 11.2. The third kappa shape index (κ3) is 3.76. The first-order valence-corrected chi connectivity index (χ1v) is 8.17. The molecule has 0 radical (unpaired) electrons. The summed E-state index contributed by atoms with van der Waals surface area (Å²) < 4.78 is 0. The number of hydrogen-bond acceptors (Lipinski definition) is 4. The Kier molecular flexibility index (Phi) is 4.71. The van der Waals surface area contributed by atoms with Crippen LogP contribution in [0, 0.1) is 5.41 Å². The first kappa shape index (κ1) is 15.7. The first-order valence-electron chi connectivity index (χ1n) is 8.17. The SMILES string of the molecule is NCC1(CC(=O)Nc2ccc(-c3ncn[nH]3)cc2)CCCCC1. The molecule has 1 heterocycles. The summed E-state index contributed by atoms with van der Waals surface area (Å²) in [5.74, 6) is 0.761. The van der Waals surface area contributed by atoms with Crippen molar-refractivity contribution in [3.8, 4) is 11.4 Å². The van der Waals surface area contributed by atoms with Crippen molar-refractivity contribution in [2.75, 3.05) is 11.9 Å². The molecule has 1 fully saturated rings. The number of nitrogens with two attached hydrogens (primary N) is 1. The molecule has 1 saturated carbocycles. The maximum atomic E-state index is 12.4. The fourth-order valence-corrected chi connectivity index (χ4v) is 3.36. The average Bonchev–Trinajstić information content (AvgIpc) is 3.11. The number of amides is 1. The van der Waals surface area contributed by atoms with Gasteiger partial charge in [0.1, 0.15) is 6.33 Å². The molecule has 3 rings (SSSR count). The Labute approximate surface area is 135 Å². The van der Waals surface area contributed by atoms with Crippen molar-refractivity contribution >= 4 is 11.6 Å². The molecule has 0 bridgehead atoms. The van der Waals surface area contributed by atoms with Gasteiger partial charge in [0, 0.05) is 17.7 Å².